The maximum absolute atomic E-state index is 13.3. The summed E-state index contributed by atoms with van der Waals surface area (Å²) in [5.41, 5.74) is 0.437. The molecular weight excluding hydrogens is 368 g/mol. The summed E-state index contributed by atoms with van der Waals surface area (Å²) in [6.07, 6.45) is 6.07. The fourth-order valence-corrected chi connectivity index (χ4v) is 5.36. The fourth-order valence-electron chi connectivity index (χ4n) is 4.95. The van der Waals surface area contributed by atoms with Crippen LogP contribution in [0, 0.1) is 0 Å². The second kappa shape index (κ2) is 5.39. The molecule has 3 aliphatic rings. The van der Waals surface area contributed by atoms with Gasteiger partial charge in [0, 0.05) is 4.47 Å². The second-order valence-electron chi connectivity index (χ2n) is 7.93. The van der Waals surface area contributed by atoms with Gasteiger partial charge < -0.3 is 9.47 Å². The fraction of sp³-hybridized carbons (Fsp3) is 0.650. The van der Waals surface area contributed by atoms with E-state index in [-0.39, 0.29) is 11.9 Å². The summed E-state index contributed by atoms with van der Waals surface area (Å²) in [5, 5.41) is 0. The molecule has 2 aliphatic heterocycles. The minimum Gasteiger partial charge on any atom is -0.358 e. The zero-order valence-corrected chi connectivity index (χ0v) is 16.2. The Balaban J connectivity index is 1.78. The predicted octanol–water partition coefficient (Wildman–Crippen LogP) is 4.90. The molecule has 3 fully saturated rings. The van der Waals surface area contributed by atoms with Crippen LogP contribution in [0.15, 0.2) is 22.7 Å². The van der Waals surface area contributed by atoms with Crippen LogP contribution in [-0.4, -0.2) is 22.6 Å². The minimum atomic E-state index is -0.769. The van der Waals surface area contributed by atoms with Crippen LogP contribution in [0.25, 0.3) is 0 Å². The number of ketones is 1. The summed E-state index contributed by atoms with van der Waals surface area (Å²) < 4.78 is 13.8. The van der Waals surface area contributed by atoms with Crippen molar-refractivity contribution in [1.29, 1.82) is 0 Å². The molecule has 1 aliphatic carbocycles. The highest BCUT2D eigenvalue weighted by atomic mass is 79.9. The van der Waals surface area contributed by atoms with Crippen molar-refractivity contribution in [3.8, 4) is 0 Å². The van der Waals surface area contributed by atoms with Gasteiger partial charge in [-0.3, -0.25) is 4.79 Å². The summed E-state index contributed by atoms with van der Waals surface area (Å²) in [7, 11) is 0. The first-order chi connectivity index (χ1) is 11.4. The molecule has 0 bridgehead atoms. The van der Waals surface area contributed by atoms with Crippen molar-refractivity contribution >= 4 is 21.7 Å². The summed E-state index contributed by atoms with van der Waals surface area (Å²) >= 11 is 3.55. The van der Waals surface area contributed by atoms with Crippen LogP contribution in [0.4, 0.5) is 0 Å². The van der Waals surface area contributed by atoms with Crippen LogP contribution in [0.5, 0.6) is 0 Å². The Morgan fingerprint density at radius 3 is 2.58 bits per heavy atom. The van der Waals surface area contributed by atoms with E-state index in [1.165, 1.54) is 12.0 Å². The van der Waals surface area contributed by atoms with Gasteiger partial charge in [-0.05, 0) is 56.4 Å². The van der Waals surface area contributed by atoms with Crippen molar-refractivity contribution in [2.45, 2.75) is 82.2 Å². The molecule has 0 amide bonds. The molecule has 0 N–H and O–H groups in total. The van der Waals surface area contributed by atoms with E-state index in [9.17, 15) is 4.79 Å². The highest BCUT2D eigenvalue weighted by molar-refractivity contribution is 9.10. The lowest BCUT2D eigenvalue weighted by Gasteiger charge is -2.36. The number of hydrogen-bond donors (Lipinski definition) is 0. The maximum Gasteiger partial charge on any atom is 0.201 e. The van der Waals surface area contributed by atoms with Gasteiger partial charge >= 0.3 is 0 Å². The molecule has 3 nitrogen and oxygen atoms in total. The van der Waals surface area contributed by atoms with Gasteiger partial charge in [0.2, 0.25) is 5.78 Å². The molecule has 0 aromatic heterocycles. The highest BCUT2D eigenvalue weighted by Crippen LogP contribution is 2.67. The molecule has 2 saturated heterocycles. The lowest BCUT2D eigenvalue weighted by atomic mass is 9.71. The zero-order chi connectivity index (χ0) is 17.2. The van der Waals surface area contributed by atoms with Crippen molar-refractivity contribution in [1.82, 2.24) is 0 Å². The molecule has 4 heteroatoms. The number of fused-ring (bicyclic) bond motifs is 1. The predicted molar refractivity (Wildman–Crippen MR) is 96.1 cm³/mol. The van der Waals surface area contributed by atoms with Gasteiger partial charge in [-0.15, -0.1) is 0 Å². The summed E-state index contributed by atoms with van der Waals surface area (Å²) in [6.45, 7) is 5.95. The number of halogens is 1. The SMILES string of the molecule is CCc1cc(Br)ccc1C1OC12C(=O)C(C)(C)OC21CCCCC1. The monoisotopic (exact) mass is 392 g/mol. The normalized spacial score (nSPS) is 33.3. The minimum absolute atomic E-state index is 0.131. The third-order valence-electron chi connectivity index (χ3n) is 6.06. The van der Waals surface area contributed by atoms with E-state index in [1.54, 1.807) is 0 Å². The standard InChI is InChI=1S/C20H25BrO3/c1-4-13-12-14(21)8-9-15(13)16-20(23-16)17(22)18(2,3)24-19(20)10-6-5-7-11-19/h8-9,12,16H,4-7,10-11H2,1-3H3. The van der Waals surface area contributed by atoms with E-state index in [1.807, 2.05) is 19.9 Å². The van der Waals surface area contributed by atoms with Crippen molar-refractivity contribution in [3.63, 3.8) is 0 Å². The molecule has 130 valence electrons. The van der Waals surface area contributed by atoms with Gasteiger partial charge in [-0.1, -0.05) is 48.2 Å². The first kappa shape index (κ1) is 16.7. The lowest BCUT2D eigenvalue weighted by Crippen LogP contribution is -2.47. The van der Waals surface area contributed by atoms with Crippen molar-refractivity contribution in [3.05, 3.63) is 33.8 Å². The average Bonchev–Trinajstić information content (AvgIpc) is 3.28. The average molecular weight is 393 g/mol. The number of epoxide rings is 1. The molecule has 24 heavy (non-hydrogen) atoms. The third-order valence-corrected chi connectivity index (χ3v) is 6.55. The Morgan fingerprint density at radius 1 is 1.21 bits per heavy atom. The number of carbonyl (C=O) groups excluding carboxylic acids is 1. The number of hydrogen-bond acceptors (Lipinski definition) is 3. The Labute approximate surface area is 152 Å². The molecule has 2 atom stereocenters. The van der Waals surface area contributed by atoms with Crippen LogP contribution in [0.3, 0.4) is 0 Å². The van der Waals surface area contributed by atoms with E-state index in [0.717, 1.165) is 42.1 Å². The lowest BCUT2D eigenvalue weighted by molar-refractivity contribution is -0.137. The van der Waals surface area contributed by atoms with Gasteiger partial charge in [0.1, 0.15) is 17.3 Å². The summed E-state index contributed by atoms with van der Waals surface area (Å²) in [4.78, 5) is 13.3. The van der Waals surface area contributed by atoms with Crippen LogP contribution in [-0.2, 0) is 20.7 Å². The van der Waals surface area contributed by atoms with Gasteiger partial charge in [-0.2, -0.15) is 0 Å². The number of benzene rings is 1. The number of rotatable bonds is 2. The van der Waals surface area contributed by atoms with Crippen LogP contribution in [0.2, 0.25) is 0 Å². The molecule has 4 rings (SSSR count). The molecular formula is C20H25BrO3. The highest BCUT2D eigenvalue weighted by Gasteiger charge is 2.81. The largest absolute Gasteiger partial charge is 0.358 e. The van der Waals surface area contributed by atoms with Gasteiger partial charge in [0.15, 0.2) is 5.60 Å². The van der Waals surface area contributed by atoms with Gasteiger partial charge in [0.25, 0.3) is 0 Å². The van der Waals surface area contributed by atoms with E-state index >= 15 is 0 Å². The number of ether oxygens (including phenoxy) is 2. The smallest absolute Gasteiger partial charge is 0.201 e. The third kappa shape index (κ3) is 2.12. The van der Waals surface area contributed by atoms with Crippen molar-refractivity contribution < 1.29 is 14.3 Å². The Hall–Kier alpha value is -0.710. The molecule has 1 aromatic rings. The topological polar surface area (TPSA) is 38.8 Å². The molecule has 2 spiro atoms. The molecule has 2 heterocycles. The molecule has 0 radical (unpaired) electrons. The van der Waals surface area contributed by atoms with Crippen LogP contribution < -0.4 is 0 Å². The Morgan fingerprint density at radius 2 is 1.92 bits per heavy atom. The quantitative estimate of drug-likeness (QED) is 0.671. The first-order valence-electron chi connectivity index (χ1n) is 9.07. The second-order valence-corrected chi connectivity index (χ2v) is 8.84. The molecule has 1 aromatic carbocycles. The van der Waals surface area contributed by atoms with E-state index in [4.69, 9.17) is 9.47 Å². The summed E-state index contributed by atoms with van der Waals surface area (Å²) in [6, 6.07) is 6.30. The van der Waals surface area contributed by atoms with Gasteiger partial charge in [-0.25, -0.2) is 0 Å². The van der Waals surface area contributed by atoms with Gasteiger partial charge in [0.05, 0.1) is 0 Å². The van der Waals surface area contributed by atoms with Crippen LogP contribution in [0.1, 0.15) is 70.1 Å². The number of aryl methyl sites for hydroxylation is 1. The molecule has 1 saturated carbocycles. The first-order valence-corrected chi connectivity index (χ1v) is 9.87. The maximum atomic E-state index is 13.3. The van der Waals surface area contributed by atoms with Crippen molar-refractivity contribution in [2.24, 2.45) is 0 Å². The Bertz CT molecular complexity index is 690. The van der Waals surface area contributed by atoms with Crippen LogP contribution >= 0.6 is 15.9 Å². The Kier molecular flexibility index (Phi) is 3.76. The van der Waals surface area contributed by atoms with Crippen molar-refractivity contribution in [2.75, 3.05) is 0 Å². The number of carbonyl (C=O) groups is 1. The van der Waals surface area contributed by atoms with E-state index in [2.05, 4.69) is 35.0 Å². The zero-order valence-electron chi connectivity index (χ0n) is 14.7. The number of Topliss-reactive ketones (excluding diaryl/α,β-unsaturated/α-hetero) is 1. The van der Waals surface area contributed by atoms with E-state index in [0.29, 0.717) is 0 Å². The van der Waals surface area contributed by atoms with E-state index < -0.39 is 16.8 Å². The molecule has 2 unspecified atom stereocenters. The summed E-state index contributed by atoms with van der Waals surface area (Å²) in [5.74, 6) is 0.131.